The number of aromatic nitrogens is 2. The van der Waals surface area contributed by atoms with E-state index >= 15 is 0 Å². The third kappa shape index (κ3) is 5.16. The van der Waals surface area contributed by atoms with Crippen LogP contribution in [0.15, 0.2) is 79.3 Å². The van der Waals surface area contributed by atoms with Crippen LogP contribution in [-0.2, 0) is 18.8 Å². The van der Waals surface area contributed by atoms with Crippen molar-refractivity contribution in [3.05, 3.63) is 107 Å². The monoisotopic (exact) mass is 529 g/mol. The summed E-state index contributed by atoms with van der Waals surface area (Å²) in [6.07, 6.45) is -4.37. The van der Waals surface area contributed by atoms with Crippen LogP contribution in [0.3, 0.4) is 0 Å². The molecule has 1 aromatic heterocycles. The highest BCUT2D eigenvalue weighted by Crippen LogP contribution is 2.39. The summed E-state index contributed by atoms with van der Waals surface area (Å²) in [5, 5.41) is 3.05. The molecule has 0 radical (unpaired) electrons. The Hall–Kier alpha value is -4.08. The van der Waals surface area contributed by atoms with Gasteiger partial charge in [0.25, 0.3) is 5.91 Å². The lowest BCUT2D eigenvalue weighted by atomic mass is 9.88. The molecule has 0 spiro atoms. The van der Waals surface area contributed by atoms with Gasteiger partial charge in [0, 0.05) is 5.69 Å². The van der Waals surface area contributed by atoms with E-state index in [0.717, 1.165) is 24.8 Å². The van der Waals surface area contributed by atoms with Crippen LogP contribution in [0.5, 0.6) is 0 Å². The number of rotatable bonds is 4. The molecule has 10 heteroatoms. The maximum atomic E-state index is 13.3. The van der Waals surface area contributed by atoms with E-state index in [-0.39, 0.29) is 34.8 Å². The summed E-state index contributed by atoms with van der Waals surface area (Å²) in [4.78, 5) is 17.2. The van der Waals surface area contributed by atoms with Gasteiger partial charge in [0.05, 0.1) is 29.7 Å². The van der Waals surface area contributed by atoms with Crippen molar-refractivity contribution in [1.82, 2.24) is 14.9 Å². The van der Waals surface area contributed by atoms with Crippen LogP contribution in [0.4, 0.5) is 26.3 Å². The Kier molecular flexibility index (Phi) is 6.50. The molecule has 1 aliphatic carbocycles. The van der Waals surface area contributed by atoms with E-state index in [1.54, 1.807) is 0 Å². The summed E-state index contributed by atoms with van der Waals surface area (Å²) in [7, 11) is 0. The predicted molar refractivity (Wildman–Crippen MR) is 129 cm³/mol. The largest absolute Gasteiger partial charge is 0.416 e. The molecule has 0 aliphatic heterocycles. The summed E-state index contributed by atoms with van der Waals surface area (Å²) in [5.74, 6) is -0.346. The molecular weight excluding hydrogens is 508 g/mol. The van der Waals surface area contributed by atoms with E-state index in [1.807, 2.05) is 24.3 Å². The number of aryl methyl sites for hydroxylation is 1. The second-order valence-electron chi connectivity index (χ2n) is 9.11. The highest BCUT2D eigenvalue weighted by atomic mass is 19.4. The topological polar surface area (TPSA) is 46.9 Å². The molecule has 4 nitrogen and oxygen atoms in total. The Balaban J connectivity index is 1.41. The Labute approximate surface area is 213 Å². The summed E-state index contributed by atoms with van der Waals surface area (Å²) < 4.78 is 81.1. The van der Waals surface area contributed by atoms with Crippen LogP contribution in [0, 0.1) is 0 Å². The third-order valence-corrected chi connectivity index (χ3v) is 6.61. The fourth-order valence-corrected chi connectivity index (χ4v) is 4.74. The fourth-order valence-electron chi connectivity index (χ4n) is 4.74. The Morgan fingerprint density at radius 3 is 2.18 bits per heavy atom. The number of amides is 1. The van der Waals surface area contributed by atoms with Crippen LogP contribution in [0.25, 0.3) is 16.8 Å². The highest BCUT2D eigenvalue weighted by Gasteiger charge is 2.37. The Bertz CT molecular complexity index is 1440. The van der Waals surface area contributed by atoms with Crippen molar-refractivity contribution in [1.29, 1.82) is 0 Å². The summed E-state index contributed by atoms with van der Waals surface area (Å²) in [6, 6.07) is 15.1. The molecule has 0 bridgehead atoms. The van der Waals surface area contributed by atoms with E-state index in [4.69, 9.17) is 0 Å². The van der Waals surface area contributed by atoms with Gasteiger partial charge in [-0.05, 0) is 71.8 Å². The van der Waals surface area contributed by atoms with E-state index in [1.165, 1.54) is 46.9 Å². The maximum absolute atomic E-state index is 13.3. The molecule has 1 N–H and O–H groups in total. The molecule has 1 atom stereocenters. The first-order chi connectivity index (χ1) is 18.0. The molecule has 5 rings (SSSR count). The quantitative estimate of drug-likeness (QED) is 0.281. The van der Waals surface area contributed by atoms with Crippen LogP contribution in [-0.4, -0.2) is 15.5 Å². The molecule has 0 fully saturated rings. The Morgan fingerprint density at radius 1 is 0.868 bits per heavy atom. The molecule has 196 valence electrons. The van der Waals surface area contributed by atoms with Crippen molar-refractivity contribution < 1.29 is 31.1 Å². The number of nitrogens with zero attached hydrogens (tertiary/aromatic N) is 2. The number of benzene rings is 3. The van der Waals surface area contributed by atoms with E-state index in [9.17, 15) is 31.1 Å². The summed E-state index contributed by atoms with van der Waals surface area (Å²) in [5.41, 5.74) is 0.156. The standard InChI is InChI=1S/C28H21F6N3O/c29-27(30,31)20-12-19(13-21(14-20)28(32,33)34)17-8-10-22(11-9-17)37-16-35-15-25(37)26(38)36-24-7-3-5-18-4-1-2-6-23(18)24/h1-2,4,6,8-16,24H,3,5,7H2,(H,36,38)/t24-/m0/s1. The highest BCUT2D eigenvalue weighted by molar-refractivity contribution is 5.93. The molecule has 1 aliphatic rings. The van der Waals surface area contributed by atoms with Crippen molar-refractivity contribution >= 4 is 5.91 Å². The minimum absolute atomic E-state index is 0.0962. The molecule has 0 unspecified atom stereocenters. The second kappa shape index (κ2) is 9.66. The summed E-state index contributed by atoms with van der Waals surface area (Å²) in [6.45, 7) is 0. The number of halogens is 6. The predicted octanol–water partition coefficient (Wildman–Crippen LogP) is 7.38. The van der Waals surface area contributed by atoms with Crippen molar-refractivity contribution in [3.63, 3.8) is 0 Å². The van der Waals surface area contributed by atoms with Gasteiger partial charge in [-0.25, -0.2) is 4.98 Å². The minimum atomic E-state index is -4.94. The maximum Gasteiger partial charge on any atom is 0.416 e. The number of carbonyl (C=O) groups is 1. The third-order valence-electron chi connectivity index (χ3n) is 6.61. The number of carbonyl (C=O) groups excluding carboxylic acids is 1. The molecule has 0 saturated carbocycles. The van der Waals surface area contributed by atoms with Gasteiger partial charge in [-0.3, -0.25) is 9.36 Å². The lowest BCUT2D eigenvalue weighted by Gasteiger charge is -2.26. The SMILES string of the molecule is O=C(N[C@H]1CCCc2ccccc21)c1cncn1-c1ccc(-c2cc(C(F)(F)F)cc(C(F)(F)F)c2)cc1. The zero-order valence-electron chi connectivity index (χ0n) is 19.8. The van der Waals surface area contributed by atoms with E-state index < -0.39 is 23.5 Å². The van der Waals surface area contributed by atoms with E-state index in [0.29, 0.717) is 17.8 Å². The van der Waals surface area contributed by atoms with Crippen LogP contribution in [0.2, 0.25) is 0 Å². The van der Waals surface area contributed by atoms with Crippen molar-refractivity contribution in [2.45, 2.75) is 37.7 Å². The van der Waals surface area contributed by atoms with Gasteiger partial charge in [0.1, 0.15) is 5.69 Å². The van der Waals surface area contributed by atoms with Crippen molar-refractivity contribution in [2.75, 3.05) is 0 Å². The van der Waals surface area contributed by atoms with Crippen LogP contribution >= 0.6 is 0 Å². The van der Waals surface area contributed by atoms with Gasteiger partial charge < -0.3 is 5.32 Å². The van der Waals surface area contributed by atoms with Crippen LogP contribution in [0.1, 0.15) is 51.6 Å². The fraction of sp³-hybridized carbons (Fsp3) is 0.214. The van der Waals surface area contributed by atoms with Crippen molar-refractivity contribution in [2.24, 2.45) is 0 Å². The number of fused-ring (bicyclic) bond motifs is 1. The first-order valence-electron chi connectivity index (χ1n) is 11.8. The first-order valence-corrected chi connectivity index (χ1v) is 11.8. The number of alkyl halides is 6. The van der Waals surface area contributed by atoms with Gasteiger partial charge in [-0.2, -0.15) is 26.3 Å². The minimum Gasteiger partial charge on any atom is -0.344 e. The number of imidazole rings is 1. The van der Waals surface area contributed by atoms with Gasteiger partial charge in [0.2, 0.25) is 0 Å². The zero-order valence-corrected chi connectivity index (χ0v) is 19.8. The first kappa shape index (κ1) is 25.6. The molecule has 1 heterocycles. The van der Waals surface area contributed by atoms with Gasteiger partial charge in [-0.15, -0.1) is 0 Å². The molecular formula is C28H21F6N3O. The van der Waals surface area contributed by atoms with Crippen molar-refractivity contribution in [3.8, 4) is 16.8 Å². The number of hydrogen-bond acceptors (Lipinski definition) is 2. The smallest absolute Gasteiger partial charge is 0.344 e. The molecule has 1 amide bonds. The summed E-state index contributed by atoms with van der Waals surface area (Å²) >= 11 is 0. The van der Waals surface area contributed by atoms with E-state index in [2.05, 4.69) is 10.3 Å². The normalized spacial score (nSPS) is 15.7. The number of hydrogen-bond donors (Lipinski definition) is 1. The zero-order chi connectivity index (χ0) is 27.1. The number of nitrogens with one attached hydrogen (secondary N) is 1. The Morgan fingerprint density at radius 2 is 1.53 bits per heavy atom. The molecule has 0 saturated heterocycles. The second-order valence-corrected chi connectivity index (χ2v) is 9.11. The molecule has 38 heavy (non-hydrogen) atoms. The van der Waals surface area contributed by atoms with Gasteiger partial charge >= 0.3 is 12.4 Å². The lowest BCUT2D eigenvalue weighted by Crippen LogP contribution is -2.32. The molecule has 3 aromatic carbocycles. The average Bonchev–Trinajstić information content (AvgIpc) is 3.38. The molecule has 4 aromatic rings. The average molecular weight is 529 g/mol. The lowest BCUT2D eigenvalue weighted by molar-refractivity contribution is -0.143. The van der Waals surface area contributed by atoms with Gasteiger partial charge in [-0.1, -0.05) is 36.4 Å². The van der Waals surface area contributed by atoms with Crippen LogP contribution < -0.4 is 5.32 Å². The van der Waals surface area contributed by atoms with Gasteiger partial charge in [0.15, 0.2) is 0 Å².